The van der Waals surface area contributed by atoms with Crippen molar-refractivity contribution in [3.8, 4) is 6.01 Å². The van der Waals surface area contributed by atoms with Crippen LogP contribution in [0.5, 0.6) is 6.01 Å². The smallest absolute Gasteiger partial charge is 0.468 e. The van der Waals surface area contributed by atoms with Crippen molar-refractivity contribution in [1.29, 1.82) is 0 Å². The Bertz CT molecular complexity index is 721. The molecule has 1 fully saturated rings. The monoisotopic (exact) mass is 316 g/mol. The van der Waals surface area contributed by atoms with Gasteiger partial charge in [0, 0.05) is 6.04 Å². The molecule has 0 atom stereocenters. The first-order valence-corrected chi connectivity index (χ1v) is 8.08. The van der Waals surface area contributed by atoms with Crippen molar-refractivity contribution in [2.75, 3.05) is 7.11 Å². The Morgan fingerprint density at radius 2 is 1.74 bits per heavy atom. The van der Waals surface area contributed by atoms with Crippen LogP contribution in [0.15, 0.2) is 18.2 Å². The van der Waals surface area contributed by atoms with Crippen LogP contribution in [0.3, 0.4) is 0 Å². The van der Waals surface area contributed by atoms with Crippen LogP contribution in [0.4, 0.5) is 0 Å². The number of benzene rings is 1. The van der Waals surface area contributed by atoms with Crippen molar-refractivity contribution in [3.63, 3.8) is 0 Å². The van der Waals surface area contributed by atoms with Crippen molar-refractivity contribution >= 4 is 23.6 Å². The molecule has 1 aromatic heterocycles. The Balaban J connectivity index is 2.06. The first kappa shape index (κ1) is 16.3. The molecular weight excluding hydrogens is 291 g/mol. The molecule has 5 nitrogen and oxygen atoms in total. The van der Waals surface area contributed by atoms with Crippen molar-refractivity contribution in [2.24, 2.45) is 0 Å². The fourth-order valence-electron chi connectivity index (χ4n) is 2.86. The summed E-state index contributed by atoms with van der Waals surface area (Å²) in [6.45, 7) is 12.5. The second-order valence-electron chi connectivity index (χ2n) is 7.40. The SMILES string of the molecule is COc1nc2ccc(B3OC(C)(C)C(C)(C)O3)cc2n1C(C)C. The molecule has 124 valence electrons. The fourth-order valence-corrected chi connectivity index (χ4v) is 2.86. The topological polar surface area (TPSA) is 45.5 Å². The molecule has 1 aromatic carbocycles. The summed E-state index contributed by atoms with van der Waals surface area (Å²) in [5.74, 6) is 0. The van der Waals surface area contributed by atoms with E-state index in [0.29, 0.717) is 6.01 Å². The van der Waals surface area contributed by atoms with Gasteiger partial charge in [-0.25, -0.2) is 0 Å². The quantitative estimate of drug-likeness (QED) is 0.817. The summed E-state index contributed by atoms with van der Waals surface area (Å²) in [7, 11) is 1.28. The van der Waals surface area contributed by atoms with Crippen LogP contribution in [-0.4, -0.2) is 35.0 Å². The van der Waals surface area contributed by atoms with Crippen LogP contribution in [0.1, 0.15) is 47.6 Å². The number of imidazole rings is 1. The molecule has 3 rings (SSSR count). The molecule has 0 N–H and O–H groups in total. The molecule has 2 aromatic rings. The normalized spacial score (nSPS) is 19.7. The lowest BCUT2D eigenvalue weighted by Gasteiger charge is -2.32. The van der Waals surface area contributed by atoms with E-state index in [1.165, 1.54) is 0 Å². The highest BCUT2D eigenvalue weighted by Gasteiger charge is 2.51. The highest BCUT2D eigenvalue weighted by molar-refractivity contribution is 6.62. The lowest BCUT2D eigenvalue weighted by molar-refractivity contribution is 0.00578. The van der Waals surface area contributed by atoms with E-state index < -0.39 is 0 Å². The molecule has 0 aliphatic carbocycles. The van der Waals surface area contributed by atoms with Gasteiger partial charge in [-0.3, -0.25) is 4.57 Å². The molecule has 0 radical (unpaired) electrons. The maximum Gasteiger partial charge on any atom is 0.494 e. The summed E-state index contributed by atoms with van der Waals surface area (Å²) < 4.78 is 19.8. The molecule has 6 heteroatoms. The summed E-state index contributed by atoms with van der Waals surface area (Å²) in [5, 5.41) is 0. The molecule has 23 heavy (non-hydrogen) atoms. The zero-order valence-corrected chi connectivity index (χ0v) is 15.0. The Kier molecular flexibility index (Phi) is 3.73. The maximum absolute atomic E-state index is 6.15. The van der Waals surface area contributed by atoms with Gasteiger partial charge in [-0.1, -0.05) is 6.07 Å². The van der Waals surface area contributed by atoms with E-state index in [9.17, 15) is 0 Å². The molecule has 0 spiro atoms. The van der Waals surface area contributed by atoms with E-state index in [4.69, 9.17) is 14.0 Å². The fraction of sp³-hybridized carbons (Fsp3) is 0.588. The lowest BCUT2D eigenvalue weighted by atomic mass is 9.79. The zero-order chi connectivity index (χ0) is 17.0. The van der Waals surface area contributed by atoms with Gasteiger partial charge in [0.25, 0.3) is 6.01 Å². The van der Waals surface area contributed by atoms with Crippen molar-refractivity contribution in [3.05, 3.63) is 18.2 Å². The standard InChI is InChI=1S/C17H25BN2O3/c1-11(2)20-14-10-12(8-9-13(14)19-15(20)21-7)18-22-16(3,4)17(5,6)23-18/h8-11H,1-7H3. The largest absolute Gasteiger partial charge is 0.494 e. The van der Waals surface area contributed by atoms with Gasteiger partial charge >= 0.3 is 7.12 Å². The molecule has 1 aliphatic rings. The average molecular weight is 316 g/mol. The van der Waals surface area contributed by atoms with Crippen molar-refractivity contribution in [1.82, 2.24) is 9.55 Å². The van der Waals surface area contributed by atoms with Gasteiger partial charge in [0.15, 0.2) is 0 Å². The van der Waals surface area contributed by atoms with Gasteiger partial charge in [-0.2, -0.15) is 4.98 Å². The van der Waals surface area contributed by atoms with Crippen LogP contribution in [-0.2, 0) is 9.31 Å². The summed E-state index contributed by atoms with van der Waals surface area (Å²) in [5.41, 5.74) is 2.26. The number of aromatic nitrogens is 2. The van der Waals surface area contributed by atoms with Crippen LogP contribution in [0, 0.1) is 0 Å². The number of fused-ring (bicyclic) bond motifs is 1. The molecule has 0 saturated carbocycles. The second kappa shape index (κ2) is 5.25. The predicted octanol–water partition coefficient (Wildman–Crippen LogP) is 2.93. The Hall–Kier alpha value is -1.53. The predicted molar refractivity (Wildman–Crippen MR) is 92.4 cm³/mol. The number of methoxy groups -OCH3 is 1. The van der Waals surface area contributed by atoms with E-state index in [-0.39, 0.29) is 24.4 Å². The zero-order valence-electron chi connectivity index (χ0n) is 15.0. The highest BCUT2D eigenvalue weighted by atomic mass is 16.7. The van der Waals surface area contributed by atoms with E-state index in [0.717, 1.165) is 16.5 Å². The average Bonchev–Trinajstić information content (AvgIpc) is 2.92. The molecule has 1 aliphatic heterocycles. The minimum atomic E-state index is -0.370. The van der Waals surface area contributed by atoms with Gasteiger partial charge < -0.3 is 14.0 Å². The molecule has 2 heterocycles. The van der Waals surface area contributed by atoms with E-state index in [1.807, 2.05) is 12.1 Å². The number of ether oxygens (including phenoxy) is 1. The summed E-state index contributed by atoms with van der Waals surface area (Å²) in [6.07, 6.45) is 0. The first-order valence-electron chi connectivity index (χ1n) is 8.08. The minimum Gasteiger partial charge on any atom is -0.468 e. The summed E-state index contributed by atoms with van der Waals surface area (Å²) in [6, 6.07) is 6.98. The summed E-state index contributed by atoms with van der Waals surface area (Å²) in [4.78, 5) is 4.54. The Morgan fingerprint density at radius 1 is 1.13 bits per heavy atom. The van der Waals surface area contributed by atoms with E-state index in [2.05, 4.69) is 57.2 Å². The molecule has 0 amide bonds. The van der Waals surface area contributed by atoms with E-state index >= 15 is 0 Å². The van der Waals surface area contributed by atoms with Gasteiger partial charge in [0.05, 0.1) is 29.3 Å². The number of nitrogens with zero attached hydrogens (tertiary/aromatic N) is 2. The van der Waals surface area contributed by atoms with Crippen molar-refractivity contribution < 1.29 is 14.0 Å². The number of rotatable bonds is 3. The first-order chi connectivity index (χ1) is 10.7. The van der Waals surface area contributed by atoms with Crippen LogP contribution < -0.4 is 10.2 Å². The van der Waals surface area contributed by atoms with Crippen molar-refractivity contribution in [2.45, 2.75) is 58.8 Å². The third-order valence-corrected chi connectivity index (χ3v) is 4.91. The third-order valence-electron chi connectivity index (χ3n) is 4.91. The van der Waals surface area contributed by atoms with Crippen LogP contribution >= 0.6 is 0 Å². The molecule has 0 unspecified atom stereocenters. The van der Waals surface area contributed by atoms with Gasteiger partial charge in [-0.15, -0.1) is 0 Å². The Labute approximate surface area is 138 Å². The second-order valence-corrected chi connectivity index (χ2v) is 7.40. The molecule has 1 saturated heterocycles. The van der Waals surface area contributed by atoms with Gasteiger partial charge in [0.2, 0.25) is 0 Å². The maximum atomic E-state index is 6.15. The highest BCUT2D eigenvalue weighted by Crippen LogP contribution is 2.36. The van der Waals surface area contributed by atoms with Crippen LogP contribution in [0.2, 0.25) is 0 Å². The van der Waals surface area contributed by atoms with Crippen LogP contribution in [0.25, 0.3) is 11.0 Å². The minimum absolute atomic E-state index is 0.253. The number of hydrogen-bond donors (Lipinski definition) is 0. The summed E-state index contributed by atoms with van der Waals surface area (Å²) >= 11 is 0. The molecule has 0 bridgehead atoms. The number of hydrogen-bond acceptors (Lipinski definition) is 4. The van der Waals surface area contributed by atoms with Gasteiger partial charge in [0.1, 0.15) is 0 Å². The Morgan fingerprint density at radius 3 is 2.26 bits per heavy atom. The van der Waals surface area contributed by atoms with Gasteiger partial charge in [-0.05, 0) is 59.1 Å². The molecular formula is C17H25BN2O3. The van der Waals surface area contributed by atoms with E-state index in [1.54, 1.807) is 7.11 Å². The third kappa shape index (κ3) is 2.54. The lowest BCUT2D eigenvalue weighted by Crippen LogP contribution is -2.41.